The molecule has 0 saturated carbocycles. The number of halogens is 1. The van der Waals surface area contributed by atoms with Gasteiger partial charge >= 0.3 is 0 Å². The van der Waals surface area contributed by atoms with Crippen LogP contribution >= 0.6 is 11.6 Å². The molecule has 0 bridgehead atoms. The third-order valence-corrected chi connectivity index (χ3v) is 7.70. The fourth-order valence-electron chi connectivity index (χ4n) is 4.58. The third-order valence-electron chi connectivity index (χ3n) is 6.87. The van der Waals surface area contributed by atoms with E-state index in [2.05, 4.69) is 40.9 Å². The molecule has 6 N–H and O–H groups in total. The molecule has 0 aliphatic heterocycles. The zero-order valence-corrected chi connectivity index (χ0v) is 26.8. The van der Waals surface area contributed by atoms with Crippen LogP contribution in [0.5, 0.6) is 17.4 Å². The molecule has 6 rings (SSSR count). The van der Waals surface area contributed by atoms with E-state index in [9.17, 15) is 28.9 Å². The van der Waals surface area contributed by atoms with Gasteiger partial charge < -0.3 is 30.5 Å². The van der Waals surface area contributed by atoms with Crippen molar-refractivity contribution < 1.29 is 28.9 Å². The summed E-state index contributed by atoms with van der Waals surface area (Å²) >= 11 is 4.01. The minimum absolute atomic E-state index is 0.0288. The van der Waals surface area contributed by atoms with E-state index >= 15 is 0 Å². The summed E-state index contributed by atoms with van der Waals surface area (Å²) in [5.74, 6) is -1.01. The summed E-state index contributed by atoms with van der Waals surface area (Å²) in [6.07, 6.45) is 0. The number of benzene rings is 4. The van der Waals surface area contributed by atoms with Crippen LogP contribution in [0, 0.1) is 6.92 Å². The molecule has 1 atom stereocenters. The van der Waals surface area contributed by atoms with Crippen molar-refractivity contribution in [1.82, 2.24) is 24.7 Å². The summed E-state index contributed by atoms with van der Waals surface area (Å²) in [4.78, 5) is 25.7. The molecule has 2 heterocycles. The molecule has 0 radical (unpaired) electrons. The Kier molecular flexibility index (Phi) is 9.25. The van der Waals surface area contributed by atoms with Crippen molar-refractivity contribution in [2.45, 2.75) is 11.8 Å². The van der Waals surface area contributed by atoms with Gasteiger partial charge in [0.2, 0.25) is 23.1 Å². The van der Waals surface area contributed by atoms with Crippen LogP contribution in [-0.4, -0.2) is 54.6 Å². The summed E-state index contributed by atoms with van der Waals surface area (Å²) in [7, 11) is 0. The van der Waals surface area contributed by atoms with E-state index in [-0.39, 0.29) is 56.3 Å². The van der Waals surface area contributed by atoms with Crippen molar-refractivity contribution in [2.24, 2.45) is 10.2 Å². The Morgan fingerprint density at radius 1 is 0.837 bits per heavy atom. The number of azo groups is 1. The van der Waals surface area contributed by atoms with Gasteiger partial charge in [0.15, 0.2) is 22.6 Å². The predicted octanol–water partition coefficient (Wildman–Crippen LogP) is 6.85. The number of phenolic OH excluding ortho intramolecular Hbond substituents is 2. The van der Waals surface area contributed by atoms with Gasteiger partial charge in [0, 0.05) is 23.0 Å². The lowest BCUT2D eigenvalue weighted by Crippen LogP contribution is -2.05. The average molecular weight is 698 g/mol. The maximum Gasteiger partial charge on any atom is 0.243 e. The Morgan fingerprint density at radius 2 is 1.55 bits per heavy atom. The van der Waals surface area contributed by atoms with Gasteiger partial charge in [0.25, 0.3) is 0 Å². The highest BCUT2D eigenvalue weighted by Gasteiger charge is 2.17. The average Bonchev–Trinajstić information content (AvgIpc) is 3.36. The minimum Gasteiger partial charge on any atom is -0.508 e. The van der Waals surface area contributed by atoms with Crippen molar-refractivity contribution in [3.05, 3.63) is 113 Å². The number of nitrogens with zero attached hydrogens (tertiary/aromatic N) is 7. The molecule has 0 aliphatic rings. The van der Waals surface area contributed by atoms with Gasteiger partial charge in [0.1, 0.15) is 11.5 Å². The molecule has 246 valence electrons. The number of nitrogens with one attached hydrogen (secondary N) is 2. The number of hydrogen-bond acceptors (Lipinski definition) is 13. The topological polar surface area (TPSA) is 220 Å². The van der Waals surface area contributed by atoms with Crippen LogP contribution in [0.25, 0.3) is 5.69 Å². The molecule has 15 nitrogen and oxygen atoms in total. The fraction of sp³-hybridized carbons (Fsp3) is 0.0312. The van der Waals surface area contributed by atoms with Gasteiger partial charge in [-0.1, -0.05) is 18.2 Å². The van der Waals surface area contributed by atoms with Crippen LogP contribution in [-0.2, 0) is 11.1 Å². The van der Waals surface area contributed by atoms with Crippen LogP contribution in [0.4, 0.5) is 34.6 Å². The lowest BCUT2D eigenvalue weighted by Gasteiger charge is -2.10. The number of phenols is 2. The lowest BCUT2D eigenvalue weighted by atomic mass is 10.0. The molecule has 0 amide bonds. The maximum absolute atomic E-state index is 13.0. The van der Waals surface area contributed by atoms with Crippen LogP contribution in [0.2, 0.25) is 5.28 Å². The molecule has 49 heavy (non-hydrogen) atoms. The number of rotatable bonds is 10. The van der Waals surface area contributed by atoms with E-state index in [0.29, 0.717) is 28.4 Å². The van der Waals surface area contributed by atoms with Gasteiger partial charge in [-0.2, -0.15) is 29.8 Å². The van der Waals surface area contributed by atoms with Crippen molar-refractivity contribution >= 4 is 63.1 Å². The standard InChI is InChI=1S/C32H24ClN9O6S/c1-17-27(40-39-21-6-3-7-24(15-21)49(47)48)29(46)42(41-17)22-10-8-19(9-11-22)34-31-36-30(33)37-32(38-31)35-20-5-2-4-18(14-20)28(45)25-13-12-23(43)16-26(25)44/h2-16,43-44,46H,1H3,(H,47,48)(H2,34,35,36,37,38). The van der Waals surface area contributed by atoms with Crippen LogP contribution in [0.1, 0.15) is 21.6 Å². The second kappa shape index (κ2) is 13.9. The number of aromatic hydroxyl groups is 3. The van der Waals surface area contributed by atoms with Crippen molar-refractivity contribution in [3.8, 4) is 23.1 Å². The van der Waals surface area contributed by atoms with Gasteiger partial charge in [-0.25, -0.2) is 4.21 Å². The predicted molar refractivity (Wildman–Crippen MR) is 181 cm³/mol. The highest BCUT2D eigenvalue weighted by atomic mass is 35.5. The maximum atomic E-state index is 13.0. The van der Waals surface area contributed by atoms with Gasteiger partial charge in [-0.15, -0.1) is 5.11 Å². The Morgan fingerprint density at radius 3 is 2.27 bits per heavy atom. The smallest absolute Gasteiger partial charge is 0.243 e. The Labute approximate surface area is 284 Å². The normalized spacial score (nSPS) is 11.8. The Bertz CT molecular complexity index is 2260. The van der Waals surface area contributed by atoms with Crippen LogP contribution in [0.15, 0.2) is 106 Å². The van der Waals surface area contributed by atoms with Gasteiger partial charge in [-0.05, 0) is 85.3 Å². The molecule has 0 saturated heterocycles. The quantitative estimate of drug-likeness (QED) is 0.0491. The number of anilines is 4. The molecule has 1 unspecified atom stereocenters. The Hall–Kier alpha value is -6.23. The zero-order valence-electron chi connectivity index (χ0n) is 25.2. The molecule has 6 aromatic rings. The van der Waals surface area contributed by atoms with E-state index < -0.39 is 16.9 Å². The first-order chi connectivity index (χ1) is 23.5. The summed E-state index contributed by atoms with van der Waals surface area (Å²) in [6, 6.07) is 23.0. The highest BCUT2D eigenvalue weighted by Crippen LogP contribution is 2.34. The number of ketones is 1. The Balaban J connectivity index is 1.16. The molecule has 0 spiro atoms. The SMILES string of the molecule is Cc1nn(-c2ccc(Nc3nc(Cl)nc(Nc4cccc(C(=O)c5ccc(O)cc5O)c4)n3)cc2)c(O)c1N=Nc1cccc(S(=O)O)c1. The monoisotopic (exact) mass is 697 g/mol. The zero-order chi connectivity index (χ0) is 34.7. The molecule has 17 heteroatoms. The van der Waals surface area contributed by atoms with Crippen molar-refractivity contribution in [3.63, 3.8) is 0 Å². The molecular formula is C32H24ClN9O6S. The number of hydrogen-bond donors (Lipinski definition) is 6. The van der Waals surface area contributed by atoms with E-state index in [1.807, 2.05) is 0 Å². The van der Waals surface area contributed by atoms with Gasteiger partial charge in [0.05, 0.1) is 27.5 Å². The summed E-state index contributed by atoms with van der Waals surface area (Å²) in [5.41, 5.74) is 2.70. The van der Waals surface area contributed by atoms with E-state index in [0.717, 1.165) is 6.07 Å². The largest absolute Gasteiger partial charge is 0.508 e. The minimum atomic E-state index is -2.17. The van der Waals surface area contributed by atoms with Crippen molar-refractivity contribution in [1.29, 1.82) is 0 Å². The van der Waals surface area contributed by atoms with E-state index in [1.54, 1.807) is 67.6 Å². The second-order valence-corrected chi connectivity index (χ2v) is 11.6. The first-order valence-corrected chi connectivity index (χ1v) is 15.7. The first-order valence-electron chi connectivity index (χ1n) is 14.2. The number of carbonyl (C=O) groups is 1. The second-order valence-electron chi connectivity index (χ2n) is 10.3. The molecular weight excluding hydrogens is 674 g/mol. The summed E-state index contributed by atoms with van der Waals surface area (Å²) in [6.45, 7) is 1.66. The summed E-state index contributed by atoms with van der Waals surface area (Å²) < 4.78 is 21.9. The number of carbonyl (C=O) groups excluding carboxylic acids is 1. The van der Waals surface area contributed by atoms with Crippen LogP contribution < -0.4 is 10.6 Å². The highest BCUT2D eigenvalue weighted by molar-refractivity contribution is 7.79. The third kappa shape index (κ3) is 7.51. The lowest BCUT2D eigenvalue weighted by molar-refractivity contribution is 0.103. The van der Waals surface area contributed by atoms with E-state index in [1.165, 1.54) is 28.9 Å². The van der Waals surface area contributed by atoms with Crippen molar-refractivity contribution in [2.75, 3.05) is 10.6 Å². The molecule has 2 aromatic heterocycles. The molecule has 4 aromatic carbocycles. The summed E-state index contributed by atoms with van der Waals surface area (Å²) in [5, 5.41) is 48.9. The van der Waals surface area contributed by atoms with Crippen LogP contribution in [0.3, 0.4) is 0 Å². The fourth-order valence-corrected chi connectivity index (χ4v) is 5.15. The van der Waals surface area contributed by atoms with E-state index in [4.69, 9.17) is 11.6 Å². The molecule has 0 fully saturated rings. The number of aromatic nitrogens is 5. The molecule has 0 aliphatic carbocycles. The van der Waals surface area contributed by atoms with Gasteiger partial charge in [-0.3, -0.25) is 4.79 Å². The first kappa shape index (κ1) is 32.7. The number of aryl methyl sites for hydroxylation is 1.